The lowest BCUT2D eigenvalue weighted by Crippen LogP contribution is -2.09. The van der Waals surface area contributed by atoms with Crippen LogP contribution < -0.4 is 5.30 Å². The minimum Gasteiger partial charge on any atom is -0.329 e. The Bertz CT molecular complexity index is 684. The highest BCUT2D eigenvalue weighted by Crippen LogP contribution is 2.46. The van der Waals surface area contributed by atoms with Gasteiger partial charge in [0.15, 0.2) is 0 Å². The Labute approximate surface area is 123 Å². The molecule has 1 atom stereocenters. The van der Waals surface area contributed by atoms with Crippen LogP contribution in [0, 0.1) is 0 Å². The predicted molar refractivity (Wildman–Crippen MR) is 70.6 cm³/mol. The summed E-state index contributed by atoms with van der Waals surface area (Å²) in [5.41, 5.74) is 0.280. The van der Waals surface area contributed by atoms with Gasteiger partial charge in [-0.1, -0.05) is 17.3 Å². The lowest BCUT2D eigenvalue weighted by molar-refractivity contribution is -0.159. The summed E-state index contributed by atoms with van der Waals surface area (Å²) in [5.74, 6) is -1.65. The Hall–Kier alpha value is -1.70. The van der Waals surface area contributed by atoms with Crippen LogP contribution in [-0.2, 0) is 19.8 Å². The van der Waals surface area contributed by atoms with Gasteiger partial charge in [-0.2, -0.15) is 18.2 Å². The summed E-state index contributed by atoms with van der Waals surface area (Å²) >= 11 is 0. The first-order valence-corrected chi connectivity index (χ1v) is 7.66. The molecule has 0 aliphatic rings. The highest BCUT2D eigenvalue weighted by atomic mass is 31.2. The molecule has 0 N–H and O–H groups in total. The van der Waals surface area contributed by atoms with Crippen molar-refractivity contribution in [1.82, 2.24) is 10.1 Å². The Morgan fingerprint density at radius 3 is 2.36 bits per heavy atom. The van der Waals surface area contributed by atoms with Crippen molar-refractivity contribution in [2.24, 2.45) is 0 Å². The number of alkyl halides is 3. The van der Waals surface area contributed by atoms with Crippen LogP contribution in [0.25, 0.3) is 11.4 Å². The number of nitrogens with zero attached hydrogens (tertiary/aromatic N) is 2. The first-order chi connectivity index (χ1) is 10.3. The molecule has 22 heavy (non-hydrogen) atoms. The van der Waals surface area contributed by atoms with E-state index in [0.29, 0.717) is 0 Å². The van der Waals surface area contributed by atoms with Crippen molar-refractivity contribution in [3.8, 4) is 11.4 Å². The van der Waals surface area contributed by atoms with E-state index >= 15 is 0 Å². The van der Waals surface area contributed by atoms with Crippen LogP contribution in [0.1, 0.15) is 12.8 Å². The average molecular weight is 336 g/mol. The summed E-state index contributed by atoms with van der Waals surface area (Å²) in [6.45, 7) is 1.85. The maximum Gasteiger partial charge on any atom is 0.471 e. The molecule has 0 bridgehead atoms. The minimum absolute atomic E-state index is 0.187. The lowest BCUT2D eigenvalue weighted by atomic mass is 10.2. The highest BCUT2D eigenvalue weighted by Gasteiger charge is 2.38. The molecular weight excluding hydrogens is 324 g/mol. The van der Waals surface area contributed by atoms with Crippen LogP contribution >= 0.6 is 7.60 Å². The van der Waals surface area contributed by atoms with Gasteiger partial charge in [0.2, 0.25) is 5.82 Å². The Morgan fingerprint density at radius 1 is 1.27 bits per heavy atom. The highest BCUT2D eigenvalue weighted by molar-refractivity contribution is 7.62. The molecule has 0 spiro atoms. The summed E-state index contributed by atoms with van der Waals surface area (Å²) in [6.07, 6.45) is -4.70. The average Bonchev–Trinajstić information content (AvgIpc) is 2.97. The van der Waals surface area contributed by atoms with Gasteiger partial charge in [-0.25, -0.2) is 0 Å². The van der Waals surface area contributed by atoms with Crippen molar-refractivity contribution in [3.05, 3.63) is 30.2 Å². The first kappa shape index (κ1) is 16.7. The maximum absolute atomic E-state index is 12.4. The van der Waals surface area contributed by atoms with Crippen molar-refractivity contribution >= 4 is 12.9 Å². The van der Waals surface area contributed by atoms with E-state index in [9.17, 15) is 17.7 Å². The zero-order chi connectivity index (χ0) is 16.4. The van der Waals surface area contributed by atoms with E-state index in [1.54, 1.807) is 6.92 Å². The Balaban J connectivity index is 2.29. The van der Waals surface area contributed by atoms with Crippen LogP contribution in [-0.4, -0.2) is 23.9 Å². The molecule has 0 saturated carbocycles. The fourth-order valence-corrected chi connectivity index (χ4v) is 2.97. The van der Waals surface area contributed by atoms with E-state index < -0.39 is 19.7 Å². The van der Waals surface area contributed by atoms with Crippen LogP contribution in [0.4, 0.5) is 13.2 Å². The summed E-state index contributed by atoms with van der Waals surface area (Å²) in [5, 5.41) is 3.54. The van der Waals surface area contributed by atoms with Gasteiger partial charge in [-0.3, -0.25) is 4.57 Å². The molecule has 0 saturated heterocycles. The molecule has 6 nitrogen and oxygen atoms in total. The van der Waals surface area contributed by atoms with E-state index in [2.05, 4.69) is 14.7 Å². The molecule has 0 aliphatic heterocycles. The molecular formula is C12H12F3N2O4P. The Morgan fingerprint density at radius 2 is 1.91 bits per heavy atom. The second kappa shape index (κ2) is 6.20. The third-order valence-electron chi connectivity index (χ3n) is 2.65. The second-order valence-corrected chi connectivity index (χ2v) is 6.20. The number of hydrogen-bond acceptors (Lipinski definition) is 6. The number of hydrogen-bond donors (Lipinski definition) is 0. The van der Waals surface area contributed by atoms with Gasteiger partial charge in [0, 0.05) is 12.7 Å². The van der Waals surface area contributed by atoms with Crippen LogP contribution in [0.3, 0.4) is 0 Å². The van der Waals surface area contributed by atoms with Crippen molar-refractivity contribution < 1.29 is 31.3 Å². The van der Waals surface area contributed by atoms with Gasteiger partial charge in [0.25, 0.3) is 0 Å². The molecule has 2 aromatic rings. The molecule has 1 heterocycles. The molecule has 0 radical (unpaired) electrons. The van der Waals surface area contributed by atoms with E-state index in [1.165, 1.54) is 31.4 Å². The van der Waals surface area contributed by atoms with E-state index in [0.717, 1.165) is 0 Å². The van der Waals surface area contributed by atoms with Gasteiger partial charge in [0.1, 0.15) is 0 Å². The zero-order valence-electron chi connectivity index (χ0n) is 11.6. The summed E-state index contributed by atoms with van der Waals surface area (Å²) in [4.78, 5) is 3.27. The monoisotopic (exact) mass is 336 g/mol. The van der Waals surface area contributed by atoms with Crippen molar-refractivity contribution in [2.75, 3.05) is 13.7 Å². The van der Waals surface area contributed by atoms with Crippen molar-refractivity contribution in [1.29, 1.82) is 0 Å². The largest absolute Gasteiger partial charge is 0.471 e. The van der Waals surface area contributed by atoms with Gasteiger partial charge >= 0.3 is 19.7 Å². The van der Waals surface area contributed by atoms with Gasteiger partial charge in [-0.15, -0.1) is 0 Å². The molecule has 2 rings (SSSR count). The van der Waals surface area contributed by atoms with Gasteiger partial charge in [0.05, 0.1) is 11.9 Å². The van der Waals surface area contributed by atoms with Crippen molar-refractivity contribution in [2.45, 2.75) is 13.1 Å². The van der Waals surface area contributed by atoms with E-state index in [4.69, 9.17) is 9.05 Å². The van der Waals surface area contributed by atoms with Crippen LogP contribution in [0.5, 0.6) is 0 Å². The molecule has 0 aliphatic carbocycles. The third-order valence-corrected chi connectivity index (χ3v) is 4.66. The second-order valence-electron chi connectivity index (χ2n) is 4.07. The Kier molecular flexibility index (Phi) is 4.69. The summed E-state index contributed by atoms with van der Waals surface area (Å²) in [7, 11) is -2.18. The van der Waals surface area contributed by atoms with Crippen LogP contribution in [0.2, 0.25) is 0 Å². The first-order valence-electron chi connectivity index (χ1n) is 6.12. The molecule has 0 amide bonds. The van der Waals surface area contributed by atoms with E-state index in [1.807, 2.05) is 0 Å². The van der Waals surface area contributed by atoms with Gasteiger partial charge < -0.3 is 13.6 Å². The fraction of sp³-hybridized carbons (Fsp3) is 0.333. The standard InChI is InChI=1S/C12H12F3N2O4P/c1-3-20-22(18,19-2)9-6-4-8(5-7-9)10-16-11(21-17-10)12(13,14)15/h4-7H,3H2,1-2H3. The number of halogens is 3. The summed E-state index contributed by atoms with van der Waals surface area (Å²) in [6, 6.07) is 5.65. The molecule has 10 heteroatoms. The minimum atomic E-state index is -4.70. The summed E-state index contributed by atoms with van der Waals surface area (Å²) < 4.78 is 63.7. The van der Waals surface area contributed by atoms with Gasteiger partial charge in [-0.05, 0) is 19.1 Å². The maximum atomic E-state index is 12.4. The number of benzene rings is 1. The SMILES string of the molecule is CCOP(=O)(OC)c1ccc(-c2noc(C(F)(F)F)n2)cc1. The molecule has 1 aromatic heterocycles. The number of rotatable bonds is 5. The quantitative estimate of drug-likeness (QED) is 0.780. The smallest absolute Gasteiger partial charge is 0.329 e. The zero-order valence-corrected chi connectivity index (χ0v) is 12.5. The predicted octanol–water partition coefficient (Wildman–Crippen LogP) is 3.26. The van der Waals surface area contributed by atoms with Crippen molar-refractivity contribution in [3.63, 3.8) is 0 Å². The fourth-order valence-electron chi connectivity index (χ4n) is 1.65. The topological polar surface area (TPSA) is 74.5 Å². The molecule has 1 aromatic carbocycles. The van der Waals surface area contributed by atoms with Crippen LogP contribution in [0.15, 0.2) is 28.8 Å². The van der Waals surface area contributed by atoms with E-state index in [-0.39, 0.29) is 23.3 Å². The molecule has 0 fully saturated rings. The lowest BCUT2D eigenvalue weighted by Gasteiger charge is -2.15. The number of aromatic nitrogens is 2. The normalized spacial score (nSPS) is 14.8. The molecule has 120 valence electrons. The third kappa shape index (κ3) is 3.37. The molecule has 1 unspecified atom stereocenters.